The number of nitrogens with two attached hydrogens (primary N) is 1. The zero-order valence-corrected chi connectivity index (χ0v) is 6.49. The number of hydrogen-bond acceptors (Lipinski definition) is 4. The molecule has 0 saturated heterocycles. The molecule has 6 nitrogen and oxygen atoms in total. The zero-order valence-electron chi connectivity index (χ0n) is 6.49. The van der Waals surface area contributed by atoms with Crippen LogP contribution in [0.5, 0.6) is 0 Å². The largest absolute Gasteiger partial charge is 0.301 e. The number of nitrogens with one attached hydrogen (secondary N) is 1. The van der Waals surface area contributed by atoms with E-state index >= 15 is 0 Å². The van der Waals surface area contributed by atoms with Crippen molar-refractivity contribution in [3.63, 3.8) is 0 Å². The average molecular weight is 170 g/mol. The summed E-state index contributed by atoms with van der Waals surface area (Å²) < 4.78 is 0. The summed E-state index contributed by atoms with van der Waals surface area (Å²) >= 11 is 0. The Morgan fingerprint density at radius 3 is 3.08 bits per heavy atom. The first-order valence-electron chi connectivity index (χ1n) is 3.53. The number of rotatable bonds is 3. The highest BCUT2D eigenvalue weighted by Gasteiger charge is 2.16. The van der Waals surface area contributed by atoms with Gasteiger partial charge >= 0.3 is 0 Å². The van der Waals surface area contributed by atoms with E-state index in [-0.39, 0.29) is 24.8 Å². The second-order valence-corrected chi connectivity index (χ2v) is 2.36. The van der Waals surface area contributed by atoms with Crippen molar-refractivity contribution in [1.82, 2.24) is 10.3 Å². The number of nitrogens with zero attached hydrogens (tertiary/aromatic N) is 2. The molecule has 1 rings (SSSR count). The Morgan fingerprint density at radius 2 is 2.58 bits per heavy atom. The fraction of sp³-hybridized carbons (Fsp3) is 0.500. The molecule has 0 aromatic rings. The number of amides is 2. The van der Waals surface area contributed by atoms with Crippen molar-refractivity contribution in [1.29, 1.82) is 0 Å². The molecule has 3 N–H and O–H groups in total. The van der Waals surface area contributed by atoms with Crippen LogP contribution in [0.25, 0.3) is 0 Å². The first kappa shape index (κ1) is 8.66. The molecule has 0 unspecified atom stereocenters. The summed E-state index contributed by atoms with van der Waals surface area (Å²) in [4.78, 5) is 26.7. The average Bonchev–Trinajstić information content (AvgIpc) is 2.47. The van der Waals surface area contributed by atoms with Crippen LogP contribution < -0.4 is 11.3 Å². The van der Waals surface area contributed by atoms with E-state index in [2.05, 4.69) is 4.99 Å². The number of carbonyl (C=O) groups is 2. The van der Waals surface area contributed by atoms with Crippen molar-refractivity contribution in [2.75, 3.05) is 13.1 Å². The van der Waals surface area contributed by atoms with Gasteiger partial charge in [0.2, 0.25) is 11.8 Å². The van der Waals surface area contributed by atoms with Gasteiger partial charge in [0.25, 0.3) is 0 Å². The lowest BCUT2D eigenvalue weighted by Crippen LogP contribution is -2.35. The highest BCUT2D eigenvalue weighted by atomic mass is 16.2. The fourth-order valence-corrected chi connectivity index (χ4v) is 0.849. The molecular weight excluding hydrogens is 160 g/mol. The number of hydrogen-bond donors (Lipinski definition) is 2. The fourth-order valence-electron chi connectivity index (χ4n) is 0.849. The van der Waals surface area contributed by atoms with E-state index in [9.17, 15) is 9.59 Å². The van der Waals surface area contributed by atoms with E-state index in [1.807, 2.05) is 5.43 Å². The monoisotopic (exact) mass is 170 g/mol. The summed E-state index contributed by atoms with van der Waals surface area (Å²) in [6, 6.07) is 0. The Bertz CT molecular complexity index is 226. The third-order valence-corrected chi connectivity index (χ3v) is 1.51. The molecule has 0 fully saturated rings. The highest BCUT2D eigenvalue weighted by Crippen LogP contribution is 1.96. The van der Waals surface area contributed by atoms with Crippen molar-refractivity contribution in [2.24, 2.45) is 10.8 Å². The maximum Gasteiger partial charge on any atom is 0.249 e. The Kier molecular flexibility index (Phi) is 2.76. The van der Waals surface area contributed by atoms with Gasteiger partial charge in [0.1, 0.15) is 6.54 Å². The third-order valence-electron chi connectivity index (χ3n) is 1.51. The highest BCUT2D eigenvalue weighted by molar-refractivity contribution is 5.94. The molecular formula is C6H10N4O2. The van der Waals surface area contributed by atoms with Crippen molar-refractivity contribution < 1.29 is 9.59 Å². The number of carbonyl (C=O) groups excluding carboxylic acids is 2. The van der Waals surface area contributed by atoms with Crippen LogP contribution in [0.3, 0.4) is 0 Å². The first-order chi connectivity index (χ1) is 5.74. The van der Waals surface area contributed by atoms with Crippen LogP contribution in [-0.4, -0.2) is 36.1 Å². The lowest BCUT2D eigenvalue weighted by atomic mass is 10.4. The van der Waals surface area contributed by atoms with E-state index in [4.69, 9.17) is 5.84 Å². The molecule has 2 amide bonds. The van der Waals surface area contributed by atoms with Gasteiger partial charge in [0.15, 0.2) is 0 Å². The van der Waals surface area contributed by atoms with Crippen LogP contribution >= 0.6 is 0 Å². The smallest absolute Gasteiger partial charge is 0.249 e. The minimum absolute atomic E-state index is 0.0835. The Labute approximate surface area is 69.4 Å². The van der Waals surface area contributed by atoms with Gasteiger partial charge < -0.3 is 4.90 Å². The Morgan fingerprint density at radius 1 is 1.83 bits per heavy atom. The molecule has 0 saturated carbocycles. The molecule has 66 valence electrons. The summed E-state index contributed by atoms with van der Waals surface area (Å²) in [5.74, 6) is 4.48. The van der Waals surface area contributed by atoms with Crippen LogP contribution in [0.2, 0.25) is 0 Å². The van der Waals surface area contributed by atoms with Gasteiger partial charge in [-0.25, -0.2) is 5.84 Å². The molecule has 0 radical (unpaired) electrons. The Balaban J connectivity index is 2.27. The van der Waals surface area contributed by atoms with Crippen molar-refractivity contribution >= 4 is 18.2 Å². The van der Waals surface area contributed by atoms with Gasteiger partial charge in [0.05, 0.1) is 6.34 Å². The van der Waals surface area contributed by atoms with Gasteiger partial charge in [-0.15, -0.1) is 0 Å². The Hall–Kier alpha value is -1.43. The van der Waals surface area contributed by atoms with E-state index in [0.717, 1.165) is 0 Å². The maximum atomic E-state index is 10.9. The van der Waals surface area contributed by atoms with Gasteiger partial charge in [-0.3, -0.25) is 20.0 Å². The maximum absolute atomic E-state index is 10.9. The second kappa shape index (κ2) is 3.82. The molecule has 0 bridgehead atoms. The summed E-state index contributed by atoms with van der Waals surface area (Å²) in [7, 11) is 0. The quantitative estimate of drug-likeness (QED) is 0.298. The van der Waals surface area contributed by atoms with Crippen LogP contribution in [0.15, 0.2) is 4.99 Å². The molecule has 0 atom stereocenters. The first-order valence-corrected chi connectivity index (χ1v) is 3.53. The van der Waals surface area contributed by atoms with Gasteiger partial charge in [-0.05, 0) is 0 Å². The van der Waals surface area contributed by atoms with Crippen LogP contribution in [0.1, 0.15) is 6.42 Å². The lowest BCUT2D eigenvalue weighted by Gasteiger charge is -2.10. The van der Waals surface area contributed by atoms with Gasteiger partial charge in [-0.2, -0.15) is 0 Å². The van der Waals surface area contributed by atoms with Crippen LogP contribution in [0.4, 0.5) is 0 Å². The molecule has 0 aromatic heterocycles. The molecule has 1 aliphatic rings. The summed E-state index contributed by atoms with van der Waals surface area (Å²) in [5.41, 5.74) is 1.98. The summed E-state index contributed by atoms with van der Waals surface area (Å²) in [6.45, 7) is 0.523. The topological polar surface area (TPSA) is 87.8 Å². The molecule has 0 spiro atoms. The number of hydrazine groups is 1. The standard InChI is InChI=1S/C6H10N4O2/c7-9-5(11)1-2-10-4-8-3-6(10)12/h4H,1-3,7H2,(H,9,11). The third kappa shape index (κ3) is 2.03. The van der Waals surface area contributed by atoms with Crippen molar-refractivity contribution in [3.05, 3.63) is 0 Å². The van der Waals surface area contributed by atoms with E-state index in [0.29, 0.717) is 6.54 Å². The van der Waals surface area contributed by atoms with Gasteiger partial charge in [0, 0.05) is 13.0 Å². The predicted molar refractivity (Wildman–Crippen MR) is 42.0 cm³/mol. The minimum Gasteiger partial charge on any atom is -0.301 e. The van der Waals surface area contributed by atoms with E-state index < -0.39 is 0 Å². The molecule has 0 aliphatic carbocycles. The second-order valence-electron chi connectivity index (χ2n) is 2.36. The van der Waals surface area contributed by atoms with E-state index in [1.165, 1.54) is 11.2 Å². The molecule has 12 heavy (non-hydrogen) atoms. The van der Waals surface area contributed by atoms with Crippen molar-refractivity contribution in [2.45, 2.75) is 6.42 Å². The molecule has 1 aliphatic heterocycles. The normalized spacial score (nSPS) is 15.4. The van der Waals surface area contributed by atoms with Crippen LogP contribution in [-0.2, 0) is 9.59 Å². The molecule has 0 aromatic carbocycles. The summed E-state index contributed by atoms with van der Waals surface area (Å²) in [5, 5.41) is 0. The SMILES string of the molecule is NNC(=O)CCN1C=NCC1=O. The zero-order chi connectivity index (χ0) is 8.97. The lowest BCUT2D eigenvalue weighted by molar-refractivity contribution is -0.125. The van der Waals surface area contributed by atoms with Crippen molar-refractivity contribution in [3.8, 4) is 0 Å². The van der Waals surface area contributed by atoms with Gasteiger partial charge in [-0.1, -0.05) is 0 Å². The molecule has 1 heterocycles. The van der Waals surface area contributed by atoms with E-state index in [1.54, 1.807) is 0 Å². The summed E-state index contributed by atoms with van der Waals surface area (Å²) in [6.07, 6.45) is 1.64. The molecule has 6 heteroatoms. The van der Waals surface area contributed by atoms with Crippen LogP contribution in [0, 0.1) is 0 Å². The predicted octanol–water partition coefficient (Wildman–Crippen LogP) is -1.76. The number of aliphatic imine (C=N–C) groups is 1. The minimum atomic E-state index is -0.289.